The van der Waals surface area contributed by atoms with E-state index in [1.807, 2.05) is 29.5 Å². The first-order valence-electron chi connectivity index (χ1n) is 11.5. The molecule has 0 radical (unpaired) electrons. The fourth-order valence-corrected chi connectivity index (χ4v) is 6.53. The number of benzene rings is 3. The summed E-state index contributed by atoms with van der Waals surface area (Å²) in [5.74, 6) is 0.359. The molecule has 0 spiro atoms. The number of carbonyl (C=O) groups is 1. The minimum absolute atomic E-state index is 0.338. The summed E-state index contributed by atoms with van der Waals surface area (Å²) in [5.41, 5.74) is 7.52. The molecule has 7 heteroatoms. The molecule has 0 fully saturated rings. The molecule has 4 nitrogen and oxygen atoms in total. The summed E-state index contributed by atoms with van der Waals surface area (Å²) in [6.07, 6.45) is 5.40. The van der Waals surface area contributed by atoms with E-state index in [2.05, 4.69) is 30.1 Å². The molecule has 5 aromatic rings. The smallest absolute Gasteiger partial charge is 0.228 e. The average molecular weight is 519 g/mol. The molecule has 2 aromatic heterocycles. The van der Waals surface area contributed by atoms with Gasteiger partial charge in [0.2, 0.25) is 5.89 Å². The van der Waals surface area contributed by atoms with Gasteiger partial charge in [0.15, 0.2) is 5.58 Å². The van der Waals surface area contributed by atoms with Crippen molar-refractivity contribution in [3.8, 4) is 33.2 Å². The maximum absolute atomic E-state index is 11.2. The van der Waals surface area contributed by atoms with E-state index in [9.17, 15) is 4.79 Å². The summed E-state index contributed by atoms with van der Waals surface area (Å²) in [5, 5.41) is 1.96. The molecule has 174 valence electrons. The van der Waals surface area contributed by atoms with Gasteiger partial charge in [-0.2, -0.15) is 0 Å². The lowest BCUT2D eigenvalue weighted by molar-refractivity contribution is 0.112. The molecule has 0 saturated heterocycles. The number of hydrogen-bond donors (Lipinski definition) is 0. The van der Waals surface area contributed by atoms with E-state index in [0.29, 0.717) is 38.2 Å². The molecule has 0 amide bonds. The first-order valence-corrected chi connectivity index (χ1v) is 13.0. The predicted molar refractivity (Wildman–Crippen MR) is 143 cm³/mol. The Bertz CT molecular complexity index is 1600. The normalized spacial score (nSPS) is 13.2. The number of aryl methyl sites for hydroxylation is 2. The van der Waals surface area contributed by atoms with Gasteiger partial charge in [0.05, 0.1) is 21.3 Å². The first-order chi connectivity index (χ1) is 17.0. The number of halogens is 2. The van der Waals surface area contributed by atoms with Crippen LogP contribution in [0.4, 0.5) is 0 Å². The van der Waals surface area contributed by atoms with Crippen LogP contribution < -0.4 is 0 Å². The molecule has 1 aliphatic carbocycles. The molecular weight excluding hydrogens is 499 g/mol. The highest BCUT2D eigenvalue weighted by atomic mass is 35.5. The van der Waals surface area contributed by atoms with E-state index in [1.165, 1.54) is 23.4 Å². The molecule has 0 unspecified atom stereocenters. The van der Waals surface area contributed by atoms with Crippen molar-refractivity contribution in [1.29, 1.82) is 0 Å². The van der Waals surface area contributed by atoms with Gasteiger partial charge >= 0.3 is 0 Å². The van der Waals surface area contributed by atoms with Crippen molar-refractivity contribution in [2.75, 3.05) is 0 Å². The standard InChI is InChI=1S/C28H20Cl2N2O2S/c1-15-17(6-4-7-18(15)28-32-22-10-2-3-11-24(22)35-28)19-8-5-9-20(25(19)30)27-31-23-13-16(14-33)12-21(29)26(23)34-27/h4-9,12-14H,2-3,10-11H2,1H3. The molecule has 35 heavy (non-hydrogen) atoms. The average Bonchev–Trinajstić information content (AvgIpc) is 3.49. The third kappa shape index (κ3) is 3.88. The second-order valence-electron chi connectivity index (χ2n) is 8.73. The quantitative estimate of drug-likeness (QED) is 0.223. The Morgan fingerprint density at radius 3 is 2.49 bits per heavy atom. The highest BCUT2D eigenvalue weighted by Gasteiger charge is 2.21. The Morgan fingerprint density at radius 1 is 0.943 bits per heavy atom. The van der Waals surface area contributed by atoms with Crippen LogP contribution in [0.15, 0.2) is 52.9 Å². The number of aldehydes is 1. The van der Waals surface area contributed by atoms with Crippen LogP contribution in [0.1, 0.15) is 39.3 Å². The predicted octanol–water partition coefficient (Wildman–Crippen LogP) is 8.59. The van der Waals surface area contributed by atoms with E-state index in [-0.39, 0.29) is 0 Å². The summed E-state index contributed by atoms with van der Waals surface area (Å²) < 4.78 is 5.97. The van der Waals surface area contributed by atoms with Gasteiger partial charge in [-0.05, 0) is 61.9 Å². The van der Waals surface area contributed by atoms with E-state index in [1.54, 1.807) is 12.1 Å². The Balaban J connectivity index is 1.45. The van der Waals surface area contributed by atoms with Gasteiger partial charge < -0.3 is 4.42 Å². The number of aromatic nitrogens is 2. The lowest BCUT2D eigenvalue weighted by atomic mass is 9.95. The van der Waals surface area contributed by atoms with Gasteiger partial charge in [0.25, 0.3) is 0 Å². The summed E-state index contributed by atoms with van der Waals surface area (Å²) in [7, 11) is 0. The monoisotopic (exact) mass is 518 g/mol. The number of carbonyl (C=O) groups excluding carboxylic acids is 1. The molecule has 3 aromatic carbocycles. The topological polar surface area (TPSA) is 56.0 Å². The SMILES string of the molecule is Cc1c(-c2nc3c(s2)CCCC3)cccc1-c1cccc(-c2nc3cc(C=O)cc(Cl)c3o2)c1Cl. The van der Waals surface area contributed by atoms with Gasteiger partial charge in [0.1, 0.15) is 16.8 Å². The van der Waals surface area contributed by atoms with E-state index in [0.717, 1.165) is 46.4 Å². The van der Waals surface area contributed by atoms with Gasteiger partial charge in [0, 0.05) is 21.6 Å². The minimum atomic E-state index is 0.338. The van der Waals surface area contributed by atoms with Crippen molar-refractivity contribution in [2.24, 2.45) is 0 Å². The van der Waals surface area contributed by atoms with E-state index < -0.39 is 0 Å². The Labute approximate surface area is 216 Å². The zero-order valence-electron chi connectivity index (χ0n) is 18.9. The molecular formula is C28H20Cl2N2O2S. The Kier molecular flexibility index (Phi) is 5.72. The van der Waals surface area contributed by atoms with Gasteiger partial charge in [-0.15, -0.1) is 11.3 Å². The number of hydrogen-bond acceptors (Lipinski definition) is 5. The van der Waals surface area contributed by atoms with Crippen molar-refractivity contribution < 1.29 is 9.21 Å². The first kappa shape index (κ1) is 22.5. The van der Waals surface area contributed by atoms with Crippen LogP contribution in [0, 0.1) is 6.92 Å². The lowest BCUT2D eigenvalue weighted by Gasteiger charge is -2.13. The van der Waals surface area contributed by atoms with Crippen LogP contribution in [-0.4, -0.2) is 16.3 Å². The zero-order chi connectivity index (χ0) is 24.1. The number of rotatable bonds is 4. The molecule has 0 atom stereocenters. The van der Waals surface area contributed by atoms with Crippen LogP contribution in [0.5, 0.6) is 0 Å². The summed E-state index contributed by atoms with van der Waals surface area (Å²) in [6.45, 7) is 2.12. The second kappa shape index (κ2) is 8.90. The number of nitrogens with zero attached hydrogens (tertiary/aromatic N) is 2. The summed E-state index contributed by atoms with van der Waals surface area (Å²) in [4.78, 5) is 22.2. The fraction of sp³-hybridized carbons (Fsp3) is 0.179. The summed E-state index contributed by atoms with van der Waals surface area (Å²) >= 11 is 15.1. The van der Waals surface area contributed by atoms with Crippen molar-refractivity contribution in [3.05, 3.63) is 80.3 Å². The third-order valence-corrected chi connectivity index (χ3v) is 8.41. The number of fused-ring (bicyclic) bond motifs is 2. The highest BCUT2D eigenvalue weighted by Crippen LogP contribution is 2.42. The number of thiazole rings is 1. The molecule has 0 aliphatic heterocycles. The molecule has 1 aliphatic rings. The lowest BCUT2D eigenvalue weighted by Crippen LogP contribution is -1.99. The van der Waals surface area contributed by atoms with E-state index in [4.69, 9.17) is 32.6 Å². The van der Waals surface area contributed by atoms with Crippen molar-refractivity contribution in [2.45, 2.75) is 32.6 Å². The van der Waals surface area contributed by atoms with Gasteiger partial charge in [-0.3, -0.25) is 4.79 Å². The minimum Gasteiger partial charge on any atom is -0.434 e. The Hall–Kier alpha value is -2.99. The maximum Gasteiger partial charge on any atom is 0.228 e. The molecule has 0 bridgehead atoms. The van der Waals surface area contributed by atoms with Crippen LogP contribution in [0.2, 0.25) is 10.0 Å². The van der Waals surface area contributed by atoms with Crippen molar-refractivity contribution >= 4 is 51.9 Å². The van der Waals surface area contributed by atoms with Crippen LogP contribution >= 0.6 is 34.5 Å². The number of oxazole rings is 1. The third-order valence-electron chi connectivity index (χ3n) is 6.53. The van der Waals surface area contributed by atoms with E-state index >= 15 is 0 Å². The molecule has 0 saturated carbocycles. The fourth-order valence-electron chi connectivity index (χ4n) is 4.73. The molecule has 2 heterocycles. The summed E-state index contributed by atoms with van der Waals surface area (Å²) in [6, 6.07) is 15.3. The highest BCUT2D eigenvalue weighted by molar-refractivity contribution is 7.15. The largest absolute Gasteiger partial charge is 0.434 e. The zero-order valence-corrected chi connectivity index (χ0v) is 21.2. The van der Waals surface area contributed by atoms with Gasteiger partial charge in [-0.1, -0.05) is 53.5 Å². The maximum atomic E-state index is 11.2. The van der Waals surface area contributed by atoms with Crippen LogP contribution in [-0.2, 0) is 12.8 Å². The van der Waals surface area contributed by atoms with Crippen LogP contribution in [0.3, 0.4) is 0 Å². The molecule has 6 rings (SSSR count). The Morgan fingerprint density at radius 2 is 1.69 bits per heavy atom. The van der Waals surface area contributed by atoms with Gasteiger partial charge in [-0.25, -0.2) is 9.97 Å². The second-order valence-corrected chi connectivity index (χ2v) is 10.6. The van der Waals surface area contributed by atoms with Crippen molar-refractivity contribution in [1.82, 2.24) is 9.97 Å². The van der Waals surface area contributed by atoms with Crippen LogP contribution in [0.25, 0.3) is 44.3 Å². The molecule has 0 N–H and O–H groups in total. The van der Waals surface area contributed by atoms with Crippen molar-refractivity contribution in [3.63, 3.8) is 0 Å².